The van der Waals surface area contributed by atoms with Crippen LogP contribution >= 0.6 is 11.6 Å². The van der Waals surface area contributed by atoms with Crippen molar-refractivity contribution in [3.8, 4) is 17.0 Å². The van der Waals surface area contributed by atoms with Gasteiger partial charge >= 0.3 is 0 Å². The maximum Gasteiger partial charge on any atom is 0.268 e. The lowest BCUT2D eigenvalue weighted by molar-refractivity contribution is 0.475. The molecule has 4 rings (SSSR count). The van der Waals surface area contributed by atoms with Crippen molar-refractivity contribution in [2.24, 2.45) is 0 Å². The molecule has 1 aliphatic rings. The van der Waals surface area contributed by atoms with E-state index >= 15 is 0 Å². The number of phenolic OH excluding ortho intramolecular Hbond substituents is 1. The molecule has 0 radical (unpaired) electrons. The van der Waals surface area contributed by atoms with Crippen LogP contribution in [0, 0.1) is 0 Å². The smallest absolute Gasteiger partial charge is 0.268 e. The lowest BCUT2D eigenvalue weighted by atomic mass is 10.1. The average molecular weight is 403 g/mol. The molecule has 5 nitrogen and oxygen atoms in total. The highest BCUT2D eigenvalue weighted by molar-refractivity contribution is 7.90. The van der Waals surface area contributed by atoms with Gasteiger partial charge in [0.05, 0.1) is 10.6 Å². The Kier molecular flexibility index (Phi) is 4.50. The summed E-state index contributed by atoms with van der Waals surface area (Å²) in [5.74, 6) is 0.138. The molecule has 0 spiro atoms. The minimum atomic E-state index is -3.82. The lowest BCUT2D eigenvalue weighted by Gasteiger charge is -2.13. The van der Waals surface area contributed by atoms with Gasteiger partial charge in [0.25, 0.3) is 10.0 Å². The monoisotopic (exact) mass is 402 g/mol. The van der Waals surface area contributed by atoms with Crippen LogP contribution in [0.15, 0.2) is 59.6 Å². The normalized spacial score (nSPS) is 16.4. The highest BCUT2D eigenvalue weighted by atomic mass is 35.5. The van der Waals surface area contributed by atoms with Crippen molar-refractivity contribution in [1.82, 2.24) is 9.29 Å². The fourth-order valence-electron chi connectivity index (χ4n) is 3.70. The second kappa shape index (κ2) is 6.71. The van der Waals surface area contributed by atoms with Crippen molar-refractivity contribution in [3.05, 3.63) is 70.9 Å². The summed E-state index contributed by atoms with van der Waals surface area (Å²) in [6.45, 7) is 0. The molecule has 1 aromatic heterocycles. The van der Waals surface area contributed by atoms with Crippen LogP contribution in [0.5, 0.6) is 5.75 Å². The summed E-state index contributed by atoms with van der Waals surface area (Å²) in [6.07, 6.45) is 3.42. The van der Waals surface area contributed by atoms with E-state index in [0.29, 0.717) is 10.7 Å². The molecule has 1 unspecified atom stereocenters. The van der Waals surface area contributed by atoms with Gasteiger partial charge in [-0.2, -0.15) is 0 Å². The first kappa shape index (κ1) is 18.1. The average Bonchev–Trinajstić information content (AvgIpc) is 3.22. The van der Waals surface area contributed by atoms with E-state index < -0.39 is 10.0 Å². The topological polar surface area (TPSA) is 71.3 Å². The summed E-state index contributed by atoms with van der Waals surface area (Å²) in [5, 5.41) is 13.2. The van der Waals surface area contributed by atoms with Crippen LogP contribution in [0.25, 0.3) is 11.3 Å². The number of hydrogen-bond donors (Lipinski definition) is 2. The zero-order valence-electron chi connectivity index (χ0n) is 14.7. The van der Waals surface area contributed by atoms with Crippen molar-refractivity contribution >= 4 is 21.6 Å². The SMILES string of the molecule is CNC1CCc2c1cn(S(=O)(=O)c1cccc(Cl)c1)c2-c1ccc(O)cc1. The molecule has 0 aliphatic heterocycles. The first-order valence-electron chi connectivity index (χ1n) is 8.63. The number of benzene rings is 2. The number of halogens is 1. The molecule has 0 saturated carbocycles. The maximum absolute atomic E-state index is 13.4. The predicted octanol–water partition coefficient (Wildman–Crippen LogP) is 3.96. The zero-order valence-corrected chi connectivity index (χ0v) is 16.3. The van der Waals surface area contributed by atoms with Crippen LogP contribution in [-0.2, 0) is 16.4 Å². The zero-order chi connectivity index (χ0) is 19.2. The molecular weight excluding hydrogens is 384 g/mol. The van der Waals surface area contributed by atoms with Gasteiger partial charge in [0.1, 0.15) is 5.75 Å². The van der Waals surface area contributed by atoms with E-state index in [-0.39, 0.29) is 16.7 Å². The Labute approximate surface area is 163 Å². The third-order valence-electron chi connectivity index (χ3n) is 5.01. The van der Waals surface area contributed by atoms with Gasteiger partial charge in [-0.25, -0.2) is 12.4 Å². The lowest BCUT2D eigenvalue weighted by Crippen LogP contribution is -2.16. The first-order valence-corrected chi connectivity index (χ1v) is 10.5. The van der Waals surface area contributed by atoms with Gasteiger partial charge in [-0.1, -0.05) is 17.7 Å². The molecule has 140 valence electrons. The van der Waals surface area contributed by atoms with Crippen molar-refractivity contribution < 1.29 is 13.5 Å². The molecule has 2 N–H and O–H groups in total. The second-order valence-electron chi connectivity index (χ2n) is 6.60. The highest BCUT2D eigenvalue weighted by Crippen LogP contribution is 2.41. The Balaban J connectivity index is 1.97. The molecule has 7 heteroatoms. The van der Waals surface area contributed by atoms with Gasteiger partial charge in [-0.05, 0) is 79.0 Å². The van der Waals surface area contributed by atoms with Crippen molar-refractivity contribution in [1.29, 1.82) is 0 Å². The van der Waals surface area contributed by atoms with E-state index in [4.69, 9.17) is 11.6 Å². The quantitative estimate of drug-likeness (QED) is 0.693. The van der Waals surface area contributed by atoms with Gasteiger partial charge in [-0.3, -0.25) is 0 Å². The Bertz CT molecular complexity index is 1100. The standard InChI is InChI=1S/C20H19ClN2O3S/c1-22-19-10-9-17-18(19)12-23(20(17)13-5-7-15(24)8-6-13)27(25,26)16-4-2-3-14(21)11-16/h2-8,11-12,19,22,24H,9-10H2,1H3. The number of nitrogens with one attached hydrogen (secondary N) is 1. The highest BCUT2D eigenvalue weighted by Gasteiger charge is 2.32. The van der Waals surface area contributed by atoms with E-state index in [1.165, 1.54) is 10.0 Å². The van der Waals surface area contributed by atoms with E-state index in [2.05, 4.69) is 5.32 Å². The largest absolute Gasteiger partial charge is 0.508 e. The van der Waals surface area contributed by atoms with Crippen LogP contribution < -0.4 is 5.32 Å². The third kappa shape index (κ3) is 3.04. The van der Waals surface area contributed by atoms with E-state index in [1.54, 1.807) is 48.7 Å². The van der Waals surface area contributed by atoms with Crippen LogP contribution in [-0.4, -0.2) is 24.5 Å². The molecule has 0 bridgehead atoms. The third-order valence-corrected chi connectivity index (χ3v) is 6.90. The minimum Gasteiger partial charge on any atom is -0.508 e. The molecule has 3 aromatic rings. The summed E-state index contributed by atoms with van der Waals surface area (Å²) in [5.41, 5.74) is 3.40. The van der Waals surface area contributed by atoms with Crippen LogP contribution in [0.2, 0.25) is 5.02 Å². The number of aromatic hydroxyl groups is 1. The number of aromatic nitrogens is 1. The van der Waals surface area contributed by atoms with Gasteiger partial charge in [-0.15, -0.1) is 0 Å². The Morgan fingerprint density at radius 1 is 1.19 bits per heavy atom. The second-order valence-corrected chi connectivity index (χ2v) is 8.85. The summed E-state index contributed by atoms with van der Waals surface area (Å²) in [6, 6.07) is 13.0. The molecule has 27 heavy (non-hydrogen) atoms. The molecule has 1 aliphatic carbocycles. The van der Waals surface area contributed by atoms with Gasteiger partial charge < -0.3 is 10.4 Å². The Hall–Kier alpha value is -2.28. The minimum absolute atomic E-state index is 0.117. The van der Waals surface area contributed by atoms with Gasteiger partial charge in [0, 0.05) is 17.3 Å². The summed E-state index contributed by atoms with van der Waals surface area (Å²) < 4.78 is 28.1. The van der Waals surface area contributed by atoms with Crippen molar-refractivity contribution in [3.63, 3.8) is 0 Å². The predicted molar refractivity (Wildman–Crippen MR) is 106 cm³/mol. The first-order chi connectivity index (χ1) is 12.9. The van der Waals surface area contributed by atoms with E-state index in [0.717, 1.165) is 29.5 Å². The number of rotatable bonds is 4. The summed E-state index contributed by atoms with van der Waals surface area (Å²) in [4.78, 5) is 0.143. The van der Waals surface area contributed by atoms with E-state index in [9.17, 15) is 13.5 Å². The molecule has 1 atom stereocenters. The van der Waals surface area contributed by atoms with Crippen molar-refractivity contribution in [2.45, 2.75) is 23.8 Å². The Morgan fingerprint density at radius 2 is 1.93 bits per heavy atom. The van der Waals surface area contributed by atoms with Crippen molar-refractivity contribution in [2.75, 3.05) is 7.05 Å². The summed E-state index contributed by atoms with van der Waals surface area (Å²) >= 11 is 6.02. The molecule has 0 amide bonds. The number of nitrogens with zero attached hydrogens (tertiary/aromatic N) is 1. The molecule has 2 aromatic carbocycles. The fraction of sp³-hybridized carbons (Fsp3) is 0.200. The van der Waals surface area contributed by atoms with E-state index in [1.807, 2.05) is 7.05 Å². The summed E-state index contributed by atoms with van der Waals surface area (Å²) in [7, 11) is -1.94. The maximum atomic E-state index is 13.4. The van der Waals surface area contributed by atoms with Gasteiger partial charge in [0.2, 0.25) is 0 Å². The fourth-order valence-corrected chi connectivity index (χ4v) is 5.41. The Morgan fingerprint density at radius 3 is 2.59 bits per heavy atom. The number of hydrogen-bond acceptors (Lipinski definition) is 4. The molecular formula is C20H19ClN2O3S. The number of fused-ring (bicyclic) bond motifs is 1. The van der Waals surface area contributed by atoms with Crippen LogP contribution in [0.4, 0.5) is 0 Å². The molecule has 1 heterocycles. The van der Waals surface area contributed by atoms with Gasteiger partial charge in [0.15, 0.2) is 0 Å². The number of phenols is 1. The van der Waals surface area contributed by atoms with Crippen LogP contribution in [0.1, 0.15) is 23.6 Å². The molecule has 0 fully saturated rings. The molecule has 0 saturated heterocycles. The van der Waals surface area contributed by atoms with Crippen LogP contribution in [0.3, 0.4) is 0 Å².